The zero-order chi connectivity index (χ0) is 15.4. The molecule has 0 saturated carbocycles. The summed E-state index contributed by atoms with van der Waals surface area (Å²) in [5.41, 5.74) is 0. The Kier molecular flexibility index (Phi) is 5.10. The standard InChI is InChI=1S/C15H21ClN4O2/c16-13-3-4-14(19-18-13)20-7-5-11(6-8-20)15(21)17-10-12-2-1-9-22-12/h3-4,11-12H,1-2,5-10H2,(H,17,21). The van der Waals surface area contributed by atoms with Gasteiger partial charge in [0.25, 0.3) is 0 Å². The summed E-state index contributed by atoms with van der Waals surface area (Å²) >= 11 is 5.75. The van der Waals surface area contributed by atoms with Crippen LogP contribution in [-0.2, 0) is 9.53 Å². The van der Waals surface area contributed by atoms with Crippen molar-refractivity contribution < 1.29 is 9.53 Å². The van der Waals surface area contributed by atoms with Crippen molar-refractivity contribution in [2.24, 2.45) is 5.92 Å². The molecule has 1 unspecified atom stereocenters. The third kappa shape index (κ3) is 3.87. The van der Waals surface area contributed by atoms with Crippen molar-refractivity contribution in [2.75, 3.05) is 31.1 Å². The van der Waals surface area contributed by atoms with E-state index in [1.807, 2.05) is 6.07 Å². The highest BCUT2D eigenvalue weighted by atomic mass is 35.5. The second kappa shape index (κ2) is 7.24. The molecule has 1 aromatic rings. The van der Waals surface area contributed by atoms with Gasteiger partial charge in [-0.15, -0.1) is 10.2 Å². The van der Waals surface area contributed by atoms with Crippen molar-refractivity contribution in [1.82, 2.24) is 15.5 Å². The quantitative estimate of drug-likeness (QED) is 0.912. The zero-order valence-corrected chi connectivity index (χ0v) is 13.3. The Hall–Kier alpha value is -1.40. The van der Waals surface area contributed by atoms with Crippen molar-refractivity contribution in [3.63, 3.8) is 0 Å². The second-order valence-electron chi connectivity index (χ2n) is 5.86. The van der Waals surface area contributed by atoms with Gasteiger partial charge in [-0.3, -0.25) is 4.79 Å². The fraction of sp³-hybridized carbons (Fsp3) is 0.667. The van der Waals surface area contributed by atoms with E-state index in [1.54, 1.807) is 6.07 Å². The molecule has 1 aromatic heterocycles. The maximum absolute atomic E-state index is 12.2. The summed E-state index contributed by atoms with van der Waals surface area (Å²) in [7, 11) is 0. The molecule has 22 heavy (non-hydrogen) atoms. The van der Waals surface area contributed by atoms with Crippen molar-refractivity contribution in [3.8, 4) is 0 Å². The molecule has 2 saturated heterocycles. The monoisotopic (exact) mass is 324 g/mol. The van der Waals surface area contributed by atoms with E-state index in [4.69, 9.17) is 16.3 Å². The van der Waals surface area contributed by atoms with Gasteiger partial charge in [0.1, 0.15) is 0 Å². The van der Waals surface area contributed by atoms with E-state index in [-0.39, 0.29) is 17.9 Å². The molecular formula is C15H21ClN4O2. The Balaban J connectivity index is 1.44. The number of anilines is 1. The predicted molar refractivity (Wildman–Crippen MR) is 84.0 cm³/mol. The van der Waals surface area contributed by atoms with Gasteiger partial charge in [0.05, 0.1) is 6.10 Å². The topological polar surface area (TPSA) is 67.3 Å². The first kappa shape index (κ1) is 15.5. The van der Waals surface area contributed by atoms with Crippen LogP contribution in [-0.4, -0.2) is 48.4 Å². The van der Waals surface area contributed by atoms with E-state index in [0.29, 0.717) is 11.7 Å². The molecule has 1 atom stereocenters. The lowest BCUT2D eigenvalue weighted by atomic mass is 9.96. The fourth-order valence-electron chi connectivity index (χ4n) is 3.01. The van der Waals surface area contributed by atoms with Crippen LogP contribution in [0.1, 0.15) is 25.7 Å². The molecule has 0 spiro atoms. The minimum atomic E-state index is 0.0814. The van der Waals surface area contributed by atoms with Gasteiger partial charge < -0.3 is 15.0 Å². The summed E-state index contributed by atoms with van der Waals surface area (Å²) in [6.45, 7) is 3.09. The van der Waals surface area contributed by atoms with E-state index in [0.717, 1.165) is 51.2 Å². The summed E-state index contributed by atoms with van der Waals surface area (Å²) in [6, 6.07) is 3.61. The minimum absolute atomic E-state index is 0.0814. The first-order valence-corrected chi connectivity index (χ1v) is 8.23. The van der Waals surface area contributed by atoms with Crippen molar-refractivity contribution in [2.45, 2.75) is 31.8 Å². The second-order valence-corrected chi connectivity index (χ2v) is 6.24. The molecule has 3 heterocycles. The van der Waals surface area contributed by atoms with Crippen LogP contribution in [0.5, 0.6) is 0 Å². The molecule has 7 heteroatoms. The average Bonchev–Trinajstić information content (AvgIpc) is 3.07. The van der Waals surface area contributed by atoms with Crippen LogP contribution in [0.2, 0.25) is 5.15 Å². The molecular weight excluding hydrogens is 304 g/mol. The Bertz CT molecular complexity index is 497. The molecule has 1 amide bonds. The number of nitrogens with one attached hydrogen (secondary N) is 1. The van der Waals surface area contributed by atoms with Crippen LogP contribution < -0.4 is 10.2 Å². The number of hydrogen-bond acceptors (Lipinski definition) is 5. The molecule has 6 nitrogen and oxygen atoms in total. The third-order valence-corrected chi connectivity index (χ3v) is 4.54. The normalized spacial score (nSPS) is 22.8. The van der Waals surface area contributed by atoms with Crippen LogP contribution >= 0.6 is 11.6 Å². The highest BCUT2D eigenvalue weighted by molar-refractivity contribution is 6.29. The van der Waals surface area contributed by atoms with Crippen LogP contribution in [0.15, 0.2) is 12.1 Å². The Morgan fingerprint density at radius 1 is 1.32 bits per heavy atom. The number of amides is 1. The summed E-state index contributed by atoms with van der Waals surface area (Å²) in [4.78, 5) is 14.4. The number of aromatic nitrogens is 2. The predicted octanol–water partition coefficient (Wildman–Crippen LogP) is 1.64. The molecule has 2 fully saturated rings. The molecule has 2 aliphatic heterocycles. The van der Waals surface area contributed by atoms with E-state index >= 15 is 0 Å². The van der Waals surface area contributed by atoms with E-state index in [9.17, 15) is 4.79 Å². The smallest absolute Gasteiger partial charge is 0.223 e. The summed E-state index contributed by atoms with van der Waals surface area (Å²) in [6.07, 6.45) is 4.02. The van der Waals surface area contributed by atoms with Gasteiger partial charge in [-0.2, -0.15) is 0 Å². The molecule has 3 rings (SSSR count). The van der Waals surface area contributed by atoms with E-state index in [1.165, 1.54) is 0 Å². The lowest BCUT2D eigenvalue weighted by molar-refractivity contribution is -0.126. The summed E-state index contributed by atoms with van der Waals surface area (Å²) in [5.74, 6) is 1.05. The number of carbonyl (C=O) groups excluding carboxylic acids is 1. The maximum Gasteiger partial charge on any atom is 0.223 e. The van der Waals surface area contributed by atoms with E-state index in [2.05, 4.69) is 20.4 Å². The van der Waals surface area contributed by atoms with Crippen LogP contribution in [0.4, 0.5) is 5.82 Å². The van der Waals surface area contributed by atoms with Crippen LogP contribution in [0.25, 0.3) is 0 Å². The molecule has 2 aliphatic rings. The average molecular weight is 325 g/mol. The Morgan fingerprint density at radius 2 is 2.14 bits per heavy atom. The van der Waals surface area contributed by atoms with Crippen molar-refractivity contribution in [3.05, 3.63) is 17.3 Å². The number of ether oxygens (including phenoxy) is 1. The van der Waals surface area contributed by atoms with Crippen molar-refractivity contribution >= 4 is 23.3 Å². The zero-order valence-electron chi connectivity index (χ0n) is 12.5. The van der Waals surface area contributed by atoms with Gasteiger partial charge in [0.2, 0.25) is 5.91 Å². The number of piperidine rings is 1. The van der Waals surface area contributed by atoms with Gasteiger partial charge >= 0.3 is 0 Å². The SMILES string of the molecule is O=C(NCC1CCCO1)C1CCN(c2ccc(Cl)nn2)CC1. The van der Waals surface area contributed by atoms with Crippen molar-refractivity contribution in [1.29, 1.82) is 0 Å². The number of rotatable bonds is 4. The summed E-state index contributed by atoms with van der Waals surface area (Å²) in [5, 5.41) is 11.4. The fourth-order valence-corrected chi connectivity index (χ4v) is 3.11. The number of halogens is 1. The van der Waals surface area contributed by atoms with Gasteiger partial charge in [-0.1, -0.05) is 11.6 Å². The van der Waals surface area contributed by atoms with E-state index < -0.39 is 0 Å². The largest absolute Gasteiger partial charge is 0.376 e. The third-order valence-electron chi connectivity index (χ3n) is 4.34. The first-order valence-electron chi connectivity index (χ1n) is 7.86. The molecule has 1 N–H and O–H groups in total. The molecule has 120 valence electrons. The Morgan fingerprint density at radius 3 is 2.77 bits per heavy atom. The molecule has 0 radical (unpaired) electrons. The van der Waals surface area contributed by atoms with Crippen LogP contribution in [0.3, 0.4) is 0 Å². The minimum Gasteiger partial charge on any atom is -0.376 e. The highest BCUT2D eigenvalue weighted by Crippen LogP contribution is 2.22. The highest BCUT2D eigenvalue weighted by Gasteiger charge is 2.26. The van der Waals surface area contributed by atoms with Gasteiger partial charge in [-0.25, -0.2) is 0 Å². The molecule has 0 bridgehead atoms. The van der Waals surface area contributed by atoms with Gasteiger partial charge in [0.15, 0.2) is 11.0 Å². The lowest BCUT2D eigenvalue weighted by Gasteiger charge is -2.31. The number of carbonyl (C=O) groups is 1. The van der Waals surface area contributed by atoms with Gasteiger partial charge in [0, 0.05) is 32.2 Å². The molecule has 0 aliphatic carbocycles. The number of hydrogen-bond donors (Lipinski definition) is 1. The first-order chi connectivity index (χ1) is 10.7. The maximum atomic E-state index is 12.2. The Labute approximate surface area is 135 Å². The molecule has 0 aromatic carbocycles. The lowest BCUT2D eigenvalue weighted by Crippen LogP contribution is -2.42. The summed E-state index contributed by atoms with van der Waals surface area (Å²) < 4.78 is 5.53. The van der Waals surface area contributed by atoms with Crippen LogP contribution in [0, 0.1) is 5.92 Å². The number of nitrogens with zero attached hydrogens (tertiary/aromatic N) is 3. The van der Waals surface area contributed by atoms with Gasteiger partial charge in [-0.05, 0) is 37.8 Å².